The summed E-state index contributed by atoms with van der Waals surface area (Å²) in [4.78, 5) is 35.3. The lowest BCUT2D eigenvalue weighted by Crippen LogP contribution is -2.52. The molecule has 17 heavy (non-hydrogen) atoms. The van der Waals surface area contributed by atoms with Crippen LogP contribution in [0, 0.1) is 0 Å². The number of likely N-dealkylation sites (tertiary alicyclic amines) is 1. The Kier molecular flexibility index (Phi) is 3.00. The smallest absolute Gasteiger partial charge is 0.325 e. The van der Waals surface area contributed by atoms with Gasteiger partial charge in [0.15, 0.2) is 0 Å². The molecule has 4 N–H and O–H groups in total. The number of nitrogens with zero attached hydrogens (tertiary/aromatic N) is 1. The van der Waals surface area contributed by atoms with Crippen molar-refractivity contribution in [3.8, 4) is 0 Å². The molecule has 0 aromatic rings. The fraction of sp³-hybridized carbons (Fsp3) is 0.667. The highest BCUT2D eigenvalue weighted by atomic mass is 32.2. The van der Waals surface area contributed by atoms with Crippen LogP contribution >= 0.6 is 11.8 Å². The maximum atomic E-state index is 12.0. The zero-order valence-corrected chi connectivity index (χ0v) is 9.83. The molecule has 7 nitrogen and oxygen atoms in total. The molecular weight excluding hydrogens is 246 g/mol. The lowest BCUT2D eigenvalue weighted by Gasteiger charge is -2.22. The highest BCUT2D eigenvalue weighted by molar-refractivity contribution is 8.14. The van der Waals surface area contributed by atoms with Gasteiger partial charge in [-0.05, 0) is 6.42 Å². The number of rotatable bonds is 2. The Labute approximate surface area is 102 Å². The van der Waals surface area contributed by atoms with Crippen LogP contribution in [0.2, 0.25) is 0 Å². The average Bonchev–Trinajstić information content (AvgIpc) is 2.85. The predicted molar refractivity (Wildman–Crippen MR) is 60.5 cm³/mol. The summed E-state index contributed by atoms with van der Waals surface area (Å²) in [6.07, 6.45) is 0.238. The number of carbonyl (C=O) groups is 3. The minimum absolute atomic E-state index is 0.00178. The third-order valence-corrected chi connectivity index (χ3v) is 3.89. The molecular formula is C9H13N3O4S. The van der Waals surface area contributed by atoms with E-state index in [0.717, 1.165) is 11.8 Å². The van der Waals surface area contributed by atoms with Gasteiger partial charge in [0.2, 0.25) is 5.91 Å². The first-order valence-electron chi connectivity index (χ1n) is 5.17. The van der Waals surface area contributed by atoms with Crippen molar-refractivity contribution in [3.63, 3.8) is 0 Å². The van der Waals surface area contributed by atoms with Gasteiger partial charge < -0.3 is 21.1 Å². The third kappa shape index (κ3) is 2.22. The Morgan fingerprint density at radius 3 is 2.76 bits per heavy atom. The van der Waals surface area contributed by atoms with Crippen molar-refractivity contribution >= 4 is 28.9 Å². The summed E-state index contributed by atoms with van der Waals surface area (Å²) in [5, 5.41) is 11.3. The maximum Gasteiger partial charge on any atom is 0.325 e. The number of carboxylic acid groups (broad SMARTS) is 1. The van der Waals surface area contributed by atoms with Crippen LogP contribution in [-0.4, -0.2) is 57.5 Å². The second kappa shape index (κ2) is 4.19. The number of nitrogens with two attached hydrogens (primary N) is 1. The minimum atomic E-state index is -1.36. The summed E-state index contributed by atoms with van der Waals surface area (Å²) < 4.78 is 0. The normalized spacial score (nSPS) is 32.6. The zero-order valence-electron chi connectivity index (χ0n) is 9.01. The first-order valence-corrected chi connectivity index (χ1v) is 6.15. The van der Waals surface area contributed by atoms with E-state index in [4.69, 9.17) is 10.8 Å². The van der Waals surface area contributed by atoms with Crippen LogP contribution in [0.4, 0.5) is 4.79 Å². The predicted octanol–water partition coefficient (Wildman–Crippen LogP) is -1.17. The Balaban J connectivity index is 1.99. The molecule has 0 aromatic heterocycles. The van der Waals surface area contributed by atoms with Gasteiger partial charge in [-0.3, -0.25) is 14.4 Å². The molecule has 8 heteroatoms. The van der Waals surface area contributed by atoms with Gasteiger partial charge in [-0.15, -0.1) is 0 Å². The number of nitrogens with one attached hydrogen (secondary N) is 1. The van der Waals surface area contributed by atoms with Crippen molar-refractivity contribution in [3.05, 3.63) is 0 Å². The van der Waals surface area contributed by atoms with E-state index in [1.165, 1.54) is 4.90 Å². The summed E-state index contributed by atoms with van der Waals surface area (Å²) >= 11 is 1.05. The molecule has 0 radical (unpaired) electrons. The van der Waals surface area contributed by atoms with E-state index in [9.17, 15) is 14.4 Å². The number of carbonyl (C=O) groups excluding carboxylic acids is 2. The fourth-order valence-electron chi connectivity index (χ4n) is 1.93. The summed E-state index contributed by atoms with van der Waals surface area (Å²) in [6.45, 7) is 0.316. The molecule has 0 saturated carbocycles. The second-order valence-electron chi connectivity index (χ2n) is 4.27. The lowest BCUT2D eigenvalue weighted by atomic mass is 10.0. The van der Waals surface area contributed by atoms with Crippen molar-refractivity contribution in [2.75, 3.05) is 18.8 Å². The third-order valence-electron chi connectivity index (χ3n) is 3.01. The van der Waals surface area contributed by atoms with E-state index in [-0.39, 0.29) is 24.1 Å². The summed E-state index contributed by atoms with van der Waals surface area (Å²) in [5.74, 6) is -0.965. The van der Waals surface area contributed by atoms with Crippen LogP contribution in [0.1, 0.15) is 6.42 Å². The minimum Gasteiger partial charge on any atom is -0.480 e. The van der Waals surface area contributed by atoms with Gasteiger partial charge in [0.1, 0.15) is 11.6 Å². The lowest BCUT2D eigenvalue weighted by molar-refractivity contribution is -0.143. The van der Waals surface area contributed by atoms with E-state index >= 15 is 0 Å². The van der Waals surface area contributed by atoms with Crippen molar-refractivity contribution in [2.24, 2.45) is 5.73 Å². The molecule has 0 aromatic carbocycles. The average molecular weight is 259 g/mol. The molecule has 2 heterocycles. The van der Waals surface area contributed by atoms with E-state index in [0.29, 0.717) is 12.3 Å². The first kappa shape index (κ1) is 12.2. The van der Waals surface area contributed by atoms with Gasteiger partial charge >= 0.3 is 5.97 Å². The summed E-state index contributed by atoms with van der Waals surface area (Å²) in [5.41, 5.74) is 4.31. The number of hydrogen-bond acceptors (Lipinski definition) is 5. The molecule has 2 amide bonds. The molecule has 2 rings (SSSR count). The second-order valence-corrected chi connectivity index (χ2v) is 5.26. The number of hydrogen-bond donors (Lipinski definition) is 3. The van der Waals surface area contributed by atoms with E-state index in [1.54, 1.807) is 0 Å². The van der Waals surface area contributed by atoms with Crippen LogP contribution in [-0.2, 0) is 9.59 Å². The van der Waals surface area contributed by atoms with E-state index < -0.39 is 17.6 Å². The topological polar surface area (TPSA) is 113 Å². The highest BCUT2D eigenvalue weighted by Gasteiger charge is 2.44. The van der Waals surface area contributed by atoms with Crippen molar-refractivity contribution in [1.29, 1.82) is 0 Å². The van der Waals surface area contributed by atoms with Crippen molar-refractivity contribution in [1.82, 2.24) is 10.2 Å². The van der Waals surface area contributed by atoms with Gasteiger partial charge in [0.25, 0.3) is 5.24 Å². The number of thioether (sulfide) groups is 1. The summed E-state index contributed by atoms with van der Waals surface area (Å²) in [7, 11) is 0. The zero-order chi connectivity index (χ0) is 12.6. The Morgan fingerprint density at radius 2 is 2.29 bits per heavy atom. The van der Waals surface area contributed by atoms with Gasteiger partial charge in [-0.25, -0.2) is 0 Å². The fourth-order valence-corrected chi connectivity index (χ4v) is 2.70. The van der Waals surface area contributed by atoms with Gasteiger partial charge in [-0.2, -0.15) is 0 Å². The van der Waals surface area contributed by atoms with Gasteiger partial charge in [0, 0.05) is 18.8 Å². The quantitative estimate of drug-likeness (QED) is 0.575. The largest absolute Gasteiger partial charge is 0.480 e. The molecule has 0 bridgehead atoms. The first-order chi connectivity index (χ1) is 7.92. The Bertz CT molecular complexity index is 388. The molecule has 2 atom stereocenters. The molecule has 0 aliphatic carbocycles. The highest BCUT2D eigenvalue weighted by Crippen LogP contribution is 2.22. The molecule has 2 fully saturated rings. The number of amides is 2. The Hall–Kier alpha value is -1.28. The van der Waals surface area contributed by atoms with Crippen LogP contribution < -0.4 is 11.1 Å². The van der Waals surface area contributed by atoms with Crippen molar-refractivity contribution in [2.45, 2.75) is 18.0 Å². The molecule has 0 spiro atoms. The number of aliphatic carboxylic acids is 1. The molecule has 2 unspecified atom stereocenters. The van der Waals surface area contributed by atoms with Crippen LogP contribution in [0.3, 0.4) is 0 Å². The Morgan fingerprint density at radius 1 is 1.59 bits per heavy atom. The van der Waals surface area contributed by atoms with Gasteiger partial charge in [0.05, 0.1) is 0 Å². The molecule has 2 aliphatic rings. The van der Waals surface area contributed by atoms with Gasteiger partial charge in [-0.1, -0.05) is 11.8 Å². The SMILES string of the molecule is NC1(C(=O)O)CCN(C(=O)C2CSC(=O)N2)C1. The molecule has 2 saturated heterocycles. The van der Waals surface area contributed by atoms with Crippen LogP contribution in [0.15, 0.2) is 0 Å². The van der Waals surface area contributed by atoms with Crippen molar-refractivity contribution < 1.29 is 19.5 Å². The summed E-state index contributed by atoms with van der Waals surface area (Å²) in [6, 6.07) is -0.552. The number of carboxylic acids is 1. The molecule has 2 aliphatic heterocycles. The van der Waals surface area contributed by atoms with E-state index in [1.807, 2.05) is 0 Å². The molecule has 94 valence electrons. The standard InChI is InChI=1S/C9H13N3O4S/c10-9(7(14)15)1-2-12(4-9)6(13)5-3-17-8(16)11-5/h5H,1-4,10H2,(H,11,16)(H,14,15). The van der Waals surface area contributed by atoms with Crippen LogP contribution in [0.5, 0.6) is 0 Å². The maximum absolute atomic E-state index is 12.0. The van der Waals surface area contributed by atoms with Crippen LogP contribution in [0.25, 0.3) is 0 Å². The van der Waals surface area contributed by atoms with E-state index in [2.05, 4.69) is 5.32 Å². The monoisotopic (exact) mass is 259 g/mol.